The van der Waals surface area contributed by atoms with Gasteiger partial charge in [-0.05, 0) is 17.5 Å². The fourth-order valence-electron chi connectivity index (χ4n) is 2.26. The number of hydrogen-bond donors (Lipinski definition) is 3. The summed E-state index contributed by atoms with van der Waals surface area (Å²) in [4.78, 5) is 22.9. The Kier molecular flexibility index (Phi) is 6.28. The molecule has 2 rings (SSSR count). The van der Waals surface area contributed by atoms with Gasteiger partial charge in [-0.3, -0.25) is 14.9 Å². The first-order chi connectivity index (χ1) is 11.6. The molecule has 0 radical (unpaired) electrons. The molecule has 0 fully saturated rings. The number of nitrogens with one attached hydrogen (secondary N) is 1. The number of benzene rings is 2. The second-order valence-corrected chi connectivity index (χ2v) is 5.33. The third-order valence-electron chi connectivity index (χ3n) is 3.51. The van der Waals surface area contributed by atoms with Crippen LogP contribution in [0.5, 0.6) is 0 Å². The first kappa shape index (κ1) is 17.4. The Morgan fingerprint density at radius 1 is 0.917 bits per heavy atom. The highest BCUT2D eigenvalue weighted by Crippen LogP contribution is 2.07. The van der Waals surface area contributed by atoms with Gasteiger partial charge in [-0.2, -0.15) is 0 Å². The van der Waals surface area contributed by atoms with Crippen molar-refractivity contribution in [3.8, 4) is 0 Å². The van der Waals surface area contributed by atoms with Crippen molar-refractivity contribution in [2.24, 2.45) is 0 Å². The van der Waals surface area contributed by atoms with E-state index < -0.39 is 24.0 Å². The summed E-state index contributed by atoms with van der Waals surface area (Å²) >= 11 is 0. The lowest BCUT2D eigenvalue weighted by Crippen LogP contribution is -2.47. The molecule has 24 heavy (non-hydrogen) atoms. The largest absolute Gasteiger partial charge is 0.480 e. The number of hydrogen-bond acceptors (Lipinski definition) is 3. The summed E-state index contributed by atoms with van der Waals surface area (Å²) in [6.45, 7) is 0. The van der Waals surface area contributed by atoms with Crippen LogP contribution in [0.25, 0.3) is 6.08 Å². The Balaban J connectivity index is 2.10. The molecule has 0 saturated carbocycles. The molecule has 0 heterocycles. The Morgan fingerprint density at radius 2 is 1.50 bits per heavy atom. The summed E-state index contributed by atoms with van der Waals surface area (Å²) in [5.41, 5.74) is 1.68. The van der Waals surface area contributed by atoms with Crippen molar-refractivity contribution in [2.45, 2.75) is 18.5 Å². The topological polar surface area (TPSA) is 86.6 Å². The number of carbonyl (C=O) groups is 2. The molecule has 0 aliphatic heterocycles. The van der Waals surface area contributed by atoms with Crippen molar-refractivity contribution >= 4 is 18.0 Å². The molecule has 0 aliphatic carbocycles. The van der Waals surface area contributed by atoms with Crippen LogP contribution in [0.3, 0.4) is 0 Å². The van der Waals surface area contributed by atoms with E-state index in [1.807, 2.05) is 60.7 Å². The lowest BCUT2D eigenvalue weighted by atomic mass is 10.0. The number of carboxylic acids is 2. The fourth-order valence-corrected chi connectivity index (χ4v) is 2.26. The molecule has 0 amide bonds. The van der Waals surface area contributed by atoms with E-state index >= 15 is 0 Å². The van der Waals surface area contributed by atoms with Gasteiger partial charge >= 0.3 is 11.9 Å². The summed E-state index contributed by atoms with van der Waals surface area (Å²) in [5.74, 6) is -2.21. The summed E-state index contributed by atoms with van der Waals surface area (Å²) in [6, 6.07) is 16.3. The maximum atomic E-state index is 11.5. The maximum Gasteiger partial charge on any atom is 0.324 e. The van der Waals surface area contributed by atoms with Crippen LogP contribution in [-0.4, -0.2) is 34.2 Å². The Morgan fingerprint density at radius 3 is 2.04 bits per heavy atom. The molecule has 0 bridgehead atoms. The molecule has 0 aliphatic rings. The smallest absolute Gasteiger partial charge is 0.324 e. The molecule has 2 unspecified atom stereocenters. The normalized spacial score (nSPS) is 13.5. The number of aliphatic carboxylic acids is 2. The number of rotatable bonds is 8. The van der Waals surface area contributed by atoms with Gasteiger partial charge in [0.25, 0.3) is 0 Å². The van der Waals surface area contributed by atoms with Gasteiger partial charge in [-0.15, -0.1) is 0 Å². The average molecular weight is 325 g/mol. The summed E-state index contributed by atoms with van der Waals surface area (Å²) < 4.78 is 0. The Hall–Kier alpha value is -2.92. The van der Waals surface area contributed by atoms with Gasteiger partial charge in [-0.1, -0.05) is 72.8 Å². The average Bonchev–Trinajstić information content (AvgIpc) is 2.59. The molecule has 3 N–H and O–H groups in total. The van der Waals surface area contributed by atoms with Crippen molar-refractivity contribution in [2.75, 3.05) is 0 Å². The zero-order chi connectivity index (χ0) is 17.4. The van der Waals surface area contributed by atoms with Crippen LogP contribution in [0.15, 0.2) is 66.7 Å². The Labute approximate surface area is 140 Å². The number of carboxylic acid groups (broad SMARTS) is 2. The molecular weight excluding hydrogens is 306 g/mol. The highest BCUT2D eigenvalue weighted by atomic mass is 16.4. The van der Waals surface area contributed by atoms with Gasteiger partial charge in [0.1, 0.15) is 12.1 Å². The van der Waals surface area contributed by atoms with Gasteiger partial charge in [-0.25, -0.2) is 0 Å². The van der Waals surface area contributed by atoms with Crippen molar-refractivity contribution in [1.82, 2.24) is 5.32 Å². The van der Waals surface area contributed by atoms with Crippen molar-refractivity contribution in [1.29, 1.82) is 0 Å². The second-order valence-electron chi connectivity index (χ2n) is 5.33. The van der Waals surface area contributed by atoms with Gasteiger partial charge in [0.15, 0.2) is 0 Å². The van der Waals surface area contributed by atoms with E-state index in [2.05, 4.69) is 5.32 Å². The van der Waals surface area contributed by atoms with Crippen LogP contribution in [0.2, 0.25) is 0 Å². The van der Waals surface area contributed by atoms with Gasteiger partial charge in [0, 0.05) is 0 Å². The monoisotopic (exact) mass is 325 g/mol. The molecule has 0 aromatic heterocycles. The van der Waals surface area contributed by atoms with E-state index in [4.69, 9.17) is 0 Å². The van der Waals surface area contributed by atoms with E-state index in [0.717, 1.165) is 11.1 Å². The predicted molar refractivity (Wildman–Crippen MR) is 91.6 cm³/mol. The Bertz CT molecular complexity index is 698. The summed E-state index contributed by atoms with van der Waals surface area (Å²) in [6.07, 6.45) is 3.32. The van der Waals surface area contributed by atoms with E-state index in [-0.39, 0.29) is 6.42 Å². The zero-order valence-electron chi connectivity index (χ0n) is 13.0. The summed E-state index contributed by atoms with van der Waals surface area (Å²) in [7, 11) is 0. The molecule has 2 aromatic rings. The van der Waals surface area contributed by atoms with Gasteiger partial charge < -0.3 is 10.2 Å². The molecule has 2 aromatic carbocycles. The molecule has 124 valence electrons. The van der Waals surface area contributed by atoms with Crippen LogP contribution in [-0.2, 0) is 16.0 Å². The zero-order valence-corrected chi connectivity index (χ0v) is 13.0. The highest BCUT2D eigenvalue weighted by Gasteiger charge is 2.24. The van der Waals surface area contributed by atoms with Gasteiger partial charge in [0.2, 0.25) is 0 Å². The third kappa shape index (κ3) is 5.37. The fraction of sp³-hybridized carbons (Fsp3) is 0.158. The predicted octanol–water partition coefficient (Wildman–Crippen LogP) is 2.44. The summed E-state index contributed by atoms with van der Waals surface area (Å²) in [5, 5.41) is 21.4. The molecule has 0 spiro atoms. The van der Waals surface area contributed by atoms with Gasteiger partial charge in [0.05, 0.1) is 0 Å². The first-order valence-electron chi connectivity index (χ1n) is 7.55. The maximum absolute atomic E-state index is 11.5. The second kappa shape index (κ2) is 8.64. The van der Waals surface area contributed by atoms with Crippen molar-refractivity contribution < 1.29 is 19.8 Å². The highest BCUT2D eigenvalue weighted by molar-refractivity contribution is 5.80. The van der Waals surface area contributed by atoms with E-state index in [0.29, 0.717) is 0 Å². The SMILES string of the molecule is O=C(O)C(/C=C/c1ccccc1)NC(Cc1ccccc1)C(=O)O. The lowest BCUT2D eigenvalue weighted by Gasteiger charge is -2.18. The van der Waals surface area contributed by atoms with Crippen LogP contribution < -0.4 is 5.32 Å². The lowest BCUT2D eigenvalue weighted by molar-refractivity contribution is -0.141. The minimum absolute atomic E-state index is 0.207. The minimum atomic E-state index is -1.12. The van der Waals surface area contributed by atoms with Crippen LogP contribution in [0, 0.1) is 0 Å². The van der Waals surface area contributed by atoms with Crippen LogP contribution >= 0.6 is 0 Å². The first-order valence-corrected chi connectivity index (χ1v) is 7.55. The van der Waals surface area contributed by atoms with Crippen LogP contribution in [0.1, 0.15) is 11.1 Å². The molecule has 5 nitrogen and oxygen atoms in total. The minimum Gasteiger partial charge on any atom is -0.480 e. The standard InChI is InChI=1S/C19H19NO4/c21-18(22)16(12-11-14-7-3-1-4-8-14)20-17(19(23)24)13-15-9-5-2-6-10-15/h1-12,16-17,20H,13H2,(H,21,22)(H,23,24)/b12-11+. The van der Waals surface area contributed by atoms with Crippen molar-refractivity contribution in [3.63, 3.8) is 0 Å². The quantitative estimate of drug-likeness (QED) is 0.694. The van der Waals surface area contributed by atoms with E-state index in [1.54, 1.807) is 6.08 Å². The molecule has 5 heteroatoms. The van der Waals surface area contributed by atoms with E-state index in [1.165, 1.54) is 6.08 Å². The van der Waals surface area contributed by atoms with Crippen molar-refractivity contribution in [3.05, 3.63) is 77.9 Å². The molecular formula is C19H19NO4. The van der Waals surface area contributed by atoms with E-state index in [9.17, 15) is 19.8 Å². The molecule has 0 saturated heterocycles. The third-order valence-corrected chi connectivity index (χ3v) is 3.51. The van der Waals surface area contributed by atoms with Crippen LogP contribution in [0.4, 0.5) is 0 Å². The molecule has 2 atom stereocenters.